The van der Waals surface area contributed by atoms with Crippen molar-refractivity contribution in [2.75, 3.05) is 20.1 Å². The molecule has 0 fully saturated rings. The van der Waals surface area contributed by atoms with Crippen LogP contribution in [0.15, 0.2) is 79.1 Å². The van der Waals surface area contributed by atoms with E-state index in [1.54, 1.807) is 0 Å². The average molecular weight is 518 g/mol. The molecule has 0 unspecified atom stereocenters. The van der Waals surface area contributed by atoms with Gasteiger partial charge in [0.25, 0.3) is 5.91 Å². The van der Waals surface area contributed by atoms with E-state index >= 15 is 0 Å². The number of aromatic amines is 1. The van der Waals surface area contributed by atoms with Gasteiger partial charge in [-0.15, -0.1) is 0 Å². The lowest BCUT2D eigenvalue weighted by molar-refractivity contribution is 0.0950. The molecule has 0 saturated carbocycles. The summed E-state index contributed by atoms with van der Waals surface area (Å²) in [4.78, 5) is 21.5. The minimum atomic E-state index is -0.189. The van der Waals surface area contributed by atoms with E-state index in [0.717, 1.165) is 39.0 Å². The molecule has 3 N–H and O–H groups in total. The third kappa shape index (κ3) is 4.88. The molecule has 1 amide bonds. The molecule has 5 aromatic rings. The lowest BCUT2D eigenvalue weighted by Crippen LogP contribution is -2.31. The second-order valence-electron chi connectivity index (χ2n) is 8.49. The molecule has 0 saturated heterocycles. The summed E-state index contributed by atoms with van der Waals surface area (Å²) in [5.74, 6) is -0.189. The minimum Gasteiger partial charge on any atom is -0.350 e. The van der Waals surface area contributed by atoms with E-state index in [-0.39, 0.29) is 5.91 Å². The highest BCUT2D eigenvalue weighted by Crippen LogP contribution is 2.39. The van der Waals surface area contributed by atoms with E-state index < -0.39 is 0 Å². The molecule has 36 heavy (non-hydrogen) atoms. The minimum absolute atomic E-state index is 0.189. The fourth-order valence-electron chi connectivity index (χ4n) is 4.33. The maximum Gasteiger partial charge on any atom is 0.268 e. The number of nitrogens with zero attached hydrogens (tertiary/aromatic N) is 2. The van der Waals surface area contributed by atoms with Crippen molar-refractivity contribution in [3.05, 3.63) is 100 Å². The van der Waals surface area contributed by atoms with Crippen LogP contribution in [0.5, 0.6) is 0 Å². The summed E-state index contributed by atoms with van der Waals surface area (Å²) < 4.78 is 2.08. The first-order valence-electron chi connectivity index (χ1n) is 11.6. The lowest BCUT2D eigenvalue weighted by atomic mass is 10.0. The Morgan fingerprint density at radius 3 is 2.47 bits per heavy atom. The topological polar surface area (TPSA) is 74.7 Å². The summed E-state index contributed by atoms with van der Waals surface area (Å²) in [6.07, 6.45) is 1.82. The maximum absolute atomic E-state index is 13.4. The molecular weight excluding hydrogens is 493 g/mol. The van der Waals surface area contributed by atoms with E-state index in [1.807, 2.05) is 86.2 Å². The molecule has 2 heterocycles. The van der Waals surface area contributed by atoms with Crippen molar-refractivity contribution < 1.29 is 4.79 Å². The Morgan fingerprint density at radius 2 is 1.72 bits per heavy atom. The number of carbonyl (C=O) groups excluding carboxylic acids is 1. The summed E-state index contributed by atoms with van der Waals surface area (Å²) in [7, 11) is 1.85. The zero-order chi connectivity index (χ0) is 25.1. The van der Waals surface area contributed by atoms with Crippen LogP contribution in [0.2, 0.25) is 10.0 Å². The number of likely N-dealkylation sites (N-methyl/N-ethyl adjacent to an activating group) is 1. The van der Waals surface area contributed by atoms with Crippen LogP contribution < -0.4 is 10.6 Å². The van der Waals surface area contributed by atoms with E-state index in [9.17, 15) is 4.79 Å². The smallest absolute Gasteiger partial charge is 0.268 e. The van der Waals surface area contributed by atoms with Gasteiger partial charge in [0, 0.05) is 51.7 Å². The van der Waals surface area contributed by atoms with Gasteiger partial charge < -0.3 is 20.2 Å². The molecule has 6 nitrogen and oxygen atoms in total. The number of imidazole rings is 1. The second-order valence-corrected chi connectivity index (χ2v) is 9.36. The highest BCUT2D eigenvalue weighted by atomic mass is 35.5. The normalized spacial score (nSPS) is 11.2. The van der Waals surface area contributed by atoms with Crippen LogP contribution in [0.4, 0.5) is 0 Å². The zero-order valence-electron chi connectivity index (χ0n) is 19.7. The molecule has 0 atom stereocenters. The predicted molar refractivity (Wildman–Crippen MR) is 147 cm³/mol. The van der Waals surface area contributed by atoms with Gasteiger partial charge in [0.05, 0.1) is 17.7 Å². The fourth-order valence-corrected chi connectivity index (χ4v) is 4.63. The van der Waals surface area contributed by atoms with E-state index in [1.165, 1.54) is 0 Å². The summed E-state index contributed by atoms with van der Waals surface area (Å²) in [5.41, 5.74) is 5.72. The average Bonchev–Trinajstić information content (AvgIpc) is 3.46. The van der Waals surface area contributed by atoms with Crippen molar-refractivity contribution in [2.24, 2.45) is 0 Å². The molecule has 0 aliphatic heterocycles. The van der Waals surface area contributed by atoms with Crippen LogP contribution >= 0.6 is 23.2 Å². The SMILES string of the molecule is CNCCNC(=O)c1[nH]c2cc(Cl)ccc2c1-c1c(-c2ccccc2)ncn1Cc1ccc(Cl)cc1. The number of nitrogens with one attached hydrogen (secondary N) is 3. The van der Waals surface area contributed by atoms with Crippen LogP contribution in [-0.4, -0.2) is 40.6 Å². The number of benzene rings is 3. The van der Waals surface area contributed by atoms with Gasteiger partial charge in [-0.3, -0.25) is 4.79 Å². The Kier molecular flexibility index (Phi) is 7.09. The second kappa shape index (κ2) is 10.6. The summed E-state index contributed by atoms with van der Waals surface area (Å²) in [6, 6.07) is 23.4. The fraction of sp³-hybridized carbons (Fsp3) is 0.143. The Labute approximate surface area is 219 Å². The number of amides is 1. The van der Waals surface area contributed by atoms with Gasteiger partial charge in [0.1, 0.15) is 5.69 Å². The Bertz CT molecular complexity index is 1510. The molecule has 0 bridgehead atoms. The van der Waals surface area contributed by atoms with Crippen molar-refractivity contribution in [3.63, 3.8) is 0 Å². The molecule has 3 aromatic carbocycles. The molecular formula is C28H25Cl2N5O. The van der Waals surface area contributed by atoms with Crippen LogP contribution in [-0.2, 0) is 6.54 Å². The highest BCUT2D eigenvalue weighted by Gasteiger charge is 2.25. The number of fused-ring (bicyclic) bond motifs is 1. The first-order chi connectivity index (χ1) is 17.5. The molecule has 0 aliphatic rings. The molecule has 0 spiro atoms. The van der Waals surface area contributed by atoms with Gasteiger partial charge in [-0.2, -0.15) is 0 Å². The first kappa shape index (κ1) is 24.1. The van der Waals surface area contributed by atoms with Gasteiger partial charge in [0.15, 0.2) is 0 Å². The molecule has 182 valence electrons. The number of rotatable bonds is 8. The van der Waals surface area contributed by atoms with Crippen LogP contribution in [0.1, 0.15) is 16.1 Å². The summed E-state index contributed by atoms with van der Waals surface area (Å²) >= 11 is 12.4. The van der Waals surface area contributed by atoms with Gasteiger partial charge in [-0.1, -0.05) is 71.7 Å². The zero-order valence-corrected chi connectivity index (χ0v) is 21.2. The largest absolute Gasteiger partial charge is 0.350 e. The van der Waals surface area contributed by atoms with Crippen molar-refractivity contribution >= 4 is 40.0 Å². The predicted octanol–water partition coefficient (Wildman–Crippen LogP) is 6.00. The van der Waals surface area contributed by atoms with Crippen molar-refractivity contribution in [1.82, 2.24) is 25.2 Å². The molecule has 0 aliphatic carbocycles. The number of hydrogen-bond donors (Lipinski definition) is 3. The molecule has 0 radical (unpaired) electrons. The summed E-state index contributed by atoms with van der Waals surface area (Å²) in [6.45, 7) is 1.73. The van der Waals surface area contributed by atoms with E-state index in [2.05, 4.69) is 20.2 Å². The van der Waals surface area contributed by atoms with Gasteiger partial charge >= 0.3 is 0 Å². The number of aromatic nitrogens is 3. The van der Waals surface area contributed by atoms with Gasteiger partial charge in [0.2, 0.25) is 0 Å². The Morgan fingerprint density at radius 1 is 0.972 bits per heavy atom. The quantitative estimate of drug-likeness (QED) is 0.221. The maximum atomic E-state index is 13.4. The molecule has 2 aromatic heterocycles. The van der Waals surface area contributed by atoms with Crippen LogP contribution in [0, 0.1) is 0 Å². The number of halogens is 2. The monoisotopic (exact) mass is 517 g/mol. The van der Waals surface area contributed by atoms with Crippen molar-refractivity contribution in [3.8, 4) is 22.5 Å². The van der Waals surface area contributed by atoms with Gasteiger partial charge in [-0.05, 0) is 36.9 Å². The Balaban J connectivity index is 1.73. The molecule has 5 rings (SSSR count). The number of H-pyrrole nitrogens is 1. The van der Waals surface area contributed by atoms with Crippen molar-refractivity contribution in [2.45, 2.75) is 6.54 Å². The lowest BCUT2D eigenvalue weighted by Gasteiger charge is -2.13. The van der Waals surface area contributed by atoms with Crippen LogP contribution in [0.25, 0.3) is 33.4 Å². The standard InChI is InChI=1S/C28H25Cl2N5O/c1-31-13-14-32-28(36)26-24(22-12-11-21(30)15-23(22)34-26)27-25(19-5-3-2-4-6-19)33-17-35(27)16-18-7-9-20(29)10-8-18/h2-12,15,17,31,34H,13-14,16H2,1H3,(H,32,36). The molecule has 8 heteroatoms. The summed E-state index contributed by atoms with van der Waals surface area (Å²) in [5, 5.41) is 8.23. The third-order valence-electron chi connectivity index (χ3n) is 6.04. The van der Waals surface area contributed by atoms with Gasteiger partial charge in [-0.25, -0.2) is 4.98 Å². The number of carbonyl (C=O) groups is 1. The Hall–Kier alpha value is -3.58. The first-order valence-corrected chi connectivity index (χ1v) is 12.4. The highest BCUT2D eigenvalue weighted by molar-refractivity contribution is 6.31. The number of hydrogen-bond acceptors (Lipinski definition) is 3. The van der Waals surface area contributed by atoms with Crippen LogP contribution in [0.3, 0.4) is 0 Å². The van der Waals surface area contributed by atoms with E-state index in [4.69, 9.17) is 28.2 Å². The van der Waals surface area contributed by atoms with E-state index in [0.29, 0.717) is 35.4 Å². The third-order valence-corrected chi connectivity index (χ3v) is 6.52. The van der Waals surface area contributed by atoms with Crippen molar-refractivity contribution in [1.29, 1.82) is 0 Å².